The summed E-state index contributed by atoms with van der Waals surface area (Å²) in [5.74, 6) is 0.590. The van der Waals surface area contributed by atoms with E-state index in [1.165, 1.54) is 23.2 Å². The number of hydrogen-bond donors (Lipinski definition) is 1. The van der Waals surface area contributed by atoms with E-state index < -0.39 is 0 Å². The summed E-state index contributed by atoms with van der Waals surface area (Å²) in [6.07, 6.45) is 1.17. The monoisotopic (exact) mass is 252 g/mol. The number of halogens is 1. The zero-order chi connectivity index (χ0) is 12.6. The van der Waals surface area contributed by atoms with Gasteiger partial charge in [0.15, 0.2) is 0 Å². The highest BCUT2D eigenvalue weighted by molar-refractivity contribution is 6.33. The fourth-order valence-corrected chi connectivity index (χ4v) is 3.34. The van der Waals surface area contributed by atoms with E-state index in [4.69, 9.17) is 17.3 Å². The van der Waals surface area contributed by atoms with Crippen molar-refractivity contribution in [2.24, 2.45) is 11.7 Å². The smallest absolute Gasteiger partial charge is 0.0645 e. The summed E-state index contributed by atoms with van der Waals surface area (Å²) in [6, 6.07) is 4.73. The van der Waals surface area contributed by atoms with Crippen LogP contribution < -0.4 is 10.6 Å². The first-order chi connectivity index (χ1) is 8.04. The molecule has 1 aliphatic heterocycles. The zero-order valence-electron chi connectivity index (χ0n) is 10.8. The second-order valence-electron chi connectivity index (χ2n) is 5.13. The summed E-state index contributed by atoms with van der Waals surface area (Å²) in [5, 5.41) is 0.868. The van der Waals surface area contributed by atoms with Gasteiger partial charge in [-0.05, 0) is 56.8 Å². The van der Waals surface area contributed by atoms with Gasteiger partial charge in [-0.3, -0.25) is 0 Å². The van der Waals surface area contributed by atoms with Crippen LogP contribution in [0.4, 0.5) is 5.69 Å². The highest BCUT2D eigenvalue weighted by Gasteiger charge is 2.31. The highest BCUT2D eigenvalue weighted by Crippen LogP contribution is 2.37. The minimum atomic E-state index is 0.485. The molecule has 1 aliphatic rings. The molecule has 2 rings (SSSR count). The van der Waals surface area contributed by atoms with E-state index in [1.807, 2.05) is 6.07 Å². The lowest BCUT2D eigenvalue weighted by molar-refractivity contribution is 0.508. The quantitative estimate of drug-likeness (QED) is 0.876. The third kappa shape index (κ3) is 2.29. The van der Waals surface area contributed by atoms with Crippen molar-refractivity contribution >= 4 is 17.3 Å². The molecule has 0 spiro atoms. The van der Waals surface area contributed by atoms with E-state index in [1.54, 1.807) is 0 Å². The van der Waals surface area contributed by atoms with Crippen molar-refractivity contribution < 1.29 is 0 Å². The van der Waals surface area contributed by atoms with Gasteiger partial charge in [0.25, 0.3) is 0 Å². The second kappa shape index (κ2) is 4.87. The molecule has 0 bridgehead atoms. The molecule has 3 heteroatoms. The Morgan fingerprint density at radius 2 is 2.12 bits per heavy atom. The zero-order valence-corrected chi connectivity index (χ0v) is 11.6. The summed E-state index contributed by atoms with van der Waals surface area (Å²) < 4.78 is 0. The minimum Gasteiger partial charge on any atom is -0.367 e. The molecule has 2 N–H and O–H groups in total. The number of nitrogens with zero attached hydrogens (tertiary/aromatic N) is 1. The van der Waals surface area contributed by atoms with Gasteiger partial charge < -0.3 is 10.6 Å². The van der Waals surface area contributed by atoms with Crippen LogP contribution in [-0.4, -0.2) is 19.1 Å². The largest absolute Gasteiger partial charge is 0.367 e. The van der Waals surface area contributed by atoms with Gasteiger partial charge in [-0.2, -0.15) is 0 Å². The first-order valence-corrected chi connectivity index (χ1v) is 6.66. The first kappa shape index (κ1) is 12.7. The van der Waals surface area contributed by atoms with Crippen molar-refractivity contribution in [3.05, 3.63) is 28.3 Å². The molecule has 1 aromatic rings. The molecule has 0 aromatic heterocycles. The molecule has 94 valence electrons. The maximum absolute atomic E-state index is 6.40. The van der Waals surface area contributed by atoms with Gasteiger partial charge in [0.2, 0.25) is 0 Å². The summed E-state index contributed by atoms with van der Waals surface area (Å²) >= 11 is 6.40. The molecule has 0 saturated carbocycles. The lowest BCUT2D eigenvalue weighted by Gasteiger charge is -2.29. The normalized spacial score (nSPS) is 24.4. The van der Waals surface area contributed by atoms with Gasteiger partial charge in [0.1, 0.15) is 0 Å². The van der Waals surface area contributed by atoms with E-state index >= 15 is 0 Å². The Morgan fingerprint density at radius 3 is 2.65 bits per heavy atom. The van der Waals surface area contributed by atoms with E-state index in [9.17, 15) is 0 Å². The number of nitrogens with two attached hydrogens (primary N) is 1. The molecule has 17 heavy (non-hydrogen) atoms. The van der Waals surface area contributed by atoms with E-state index in [0.717, 1.165) is 18.1 Å². The van der Waals surface area contributed by atoms with Crippen LogP contribution in [-0.2, 0) is 0 Å². The average Bonchev–Trinajstić information content (AvgIpc) is 2.59. The Balaban J connectivity index is 2.35. The van der Waals surface area contributed by atoms with Gasteiger partial charge in [-0.1, -0.05) is 17.7 Å². The molecular weight excluding hydrogens is 232 g/mol. The van der Waals surface area contributed by atoms with Gasteiger partial charge >= 0.3 is 0 Å². The number of rotatable bonds is 2. The Hall–Kier alpha value is -0.730. The summed E-state index contributed by atoms with van der Waals surface area (Å²) in [7, 11) is 0. The predicted molar refractivity (Wildman–Crippen MR) is 74.9 cm³/mol. The molecule has 2 nitrogen and oxygen atoms in total. The van der Waals surface area contributed by atoms with Crippen LogP contribution in [0, 0.1) is 19.8 Å². The van der Waals surface area contributed by atoms with Gasteiger partial charge in [-0.25, -0.2) is 0 Å². The second-order valence-corrected chi connectivity index (χ2v) is 5.54. The molecular formula is C14H21ClN2. The fraction of sp³-hybridized carbons (Fsp3) is 0.571. The Bertz CT molecular complexity index is 394. The summed E-state index contributed by atoms with van der Waals surface area (Å²) in [5.41, 5.74) is 9.48. The Kier molecular flexibility index (Phi) is 3.64. The molecule has 1 heterocycles. The van der Waals surface area contributed by atoms with E-state index in [2.05, 4.69) is 31.7 Å². The maximum atomic E-state index is 6.40. The van der Waals surface area contributed by atoms with E-state index in [-0.39, 0.29) is 0 Å². The van der Waals surface area contributed by atoms with Crippen molar-refractivity contribution in [3.63, 3.8) is 0 Å². The lowest BCUT2D eigenvalue weighted by atomic mass is 10.0. The number of hydrogen-bond acceptors (Lipinski definition) is 2. The van der Waals surface area contributed by atoms with Crippen molar-refractivity contribution in [2.75, 3.05) is 18.0 Å². The Labute approximate surface area is 109 Å². The lowest BCUT2D eigenvalue weighted by Crippen LogP contribution is -2.33. The van der Waals surface area contributed by atoms with Crippen LogP contribution in [0.25, 0.3) is 0 Å². The summed E-state index contributed by atoms with van der Waals surface area (Å²) in [4.78, 5) is 2.41. The van der Waals surface area contributed by atoms with Gasteiger partial charge in [0, 0.05) is 12.6 Å². The van der Waals surface area contributed by atoms with Crippen LogP contribution in [0.5, 0.6) is 0 Å². The SMILES string of the molecule is Cc1cc(C)c(N2CCC(CN)C2C)c(Cl)c1. The van der Waals surface area contributed by atoms with Crippen LogP contribution in [0.1, 0.15) is 24.5 Å². The fourth-order valence-electron chi connectivity index (χ4n) is 2.91. The Morgan fingerprint density at radius 1 is 1.41 bits per heavy atom. The molecule has 2 atom stereocenters. The molecule has 0 radical (unpaired) electrons. The van der Waals surface area contributed by atoms with E-state index in [0.29, 0.717) is 12.0 Å². The van der Waals surface area contributed by atoms with Crippen LogP contribution >= 0.6 is 11.6 Å². The third-order valence-electron chi connectivity index (χ3n) is 3.90. The topological polar surface area (TPSA) is 29.3 Å². The van der Waals surface area contributed by atoms with Gasteiger partial charge in [-0.15, -0.1) is 0 Å². The third-order valence-corrected chi connectivity index (χ3v) is 4.19. The number of benzene rings is 1. The molecule has 1 fully saturated rings. The van der Waals surface area contributed by atoms with Crippen molar-refractivity contribution in [1.82, 2.24) is 0 Å². The molecule has 1 saturated heterocycles. The van der Waals surface area contributed by atoms with Crippen molar-refractivity contribution in [2.45, 2.75) is 33.2 Å². The van der Waals surface area contributed by atoms with Crippen molar-refractivity contribution in [1.29, 1.82) is 0 Å². The average molecular weight is 253 g/mol. The summed E-state index contributed by atoms with van der Waals surface area (Å²) in [6.45, 7) is 8.29. The predicted octanol–water partition coefficient (Wildman–Crippen LogP) is 3.13. The van der Waals surface area contributed by atoms with Gasteiger partial charge in [0.05, 0.1) is 10.7 Å². The maximum Gasteiger partial charge on any atom is 0.0645 e. The van der Waals surface area contributed by atoms with Crippen LogP contribution in [0.3, 0.4) is 0 Å². The minimum absolute atomic E-state index is 0.485. The number of aryl methyl sites for hydroxylation is 2. The van der Waals surface area contributed by atoms with Crippen LogP contribution in [0.15, 0.2) is 12.1 Å². The first-order valence-electron chi connectivity index (χ1n) is 6.28. The molecule has 1 aromatic carbocycles. The molecule has 0 amide bonds. The highest BCUT2D eigenvalue weighted by atomic mass is 35.5. The van der Waals surface area contributed by atoms with Crippen molar-refractivity contribution in [3.8, 4) is 0 Å². The molecule has 0 aliphatic carbocycles. The molecule has 2 unspecified atom stereocenters. The van der Waals surface area contributed by atoms with Crippen LogP contribution in [0.2, 0.25) is 5.02 Å². The standard InChI is InChI=1S/C14H21ClN2/c1-9-6-10(2)14(13(15)7-9)17-5-4-12(8-16)11(17)3/h6-7,11-12H,4-5,8,16H2,1-3H3. The number of anilines is 1.